The van der Waals surface area contributed by atoms with Gasteiger partial charge in [-0.15, -0.1) is 0 Å². The van der Waals surface area contributed by atoms with E-state index in [2.05, 4.69) is 0 Å². The Morgan fingerprint density at radius 1 is 0.500 bits per heavy atom. The molecule has 3 aliphatic heterocycles. The summed E-state index contributed by atoms with van der Waals surface area (Å²) in [7, 11) is 0. The molecule has 3 saturated heterocycles. The molecule has 0 aromatic carbocycles. The van der Waals surface area contributed by atoms with Crippen molar-refractivity contribution in [2.24, 2.45) is 0 Å². The predicted octanol–water partition coefficient (Wildman–Crippen LogP) is -7.57. The smallest absolute Gasteiger partial charge is 0.187 e. The minimum absolute atomic E-state index is 0.609. The molecule has 11 N–H and O–H groups in total. The zero-order valence-corrected chi connectivity index (χ0v) is 17.7. The topological polar surface area (TPSA) is 269 Å². The third kappa shape index (κ3) is 5.52. The van der Waals surface area contributed by atoms with Crippen LogP contribution in [0.25, 0.3) is 0 Å². The first-order valence-electron chi connectivity index (χ1n) is 10.6. The summed E-state index contributed by atoms with van der Waals surface area (Å²) >= 11 is 0. The summed E-state index contributed by atoms with van der Waals surface area (Å²) in [6.07, 6.45) is -24.9. The molecule has 16 nitrogen and oxygen atoms in total. The molecule has 3 aliphatic rings. The Morgan fingerprint density at radius 2 is 1.00 bits per heavy atom. The van der Waals surface area contributed by atoms with Crippen molar-refractivity contribution in [2.75, 3.05) is 19.8 Å². The van der Waals surface area contributed by atoms with E-state index in [4.69, 9.17) is 23.7 Å². The number of aliphatic hydroxyl groups is 11. The van der Waals surface area contributed by atoms with E-state index in [0.717, 1.165) is 0 Å². The molecule has 34 heavy (non-hydrogen) atoms. The van der Waals surface area contributed by atoms with Crippen LogP contribution < -0.4 is 0 Å². The molecule has 0 saturated carbocycles. The normalized spacial score (nSPS) is 52.5. The second kappa shape index (κ2) is 11.6. The van der Waals surface area contributed by atoms with Gasteiger partial charge in [0.15, 0.2) is 18.9 Å². The van der Waals surface area contributed by atoms with Crippen LogP contribution in [-0.2, 0) is 23.7 Å². The summed E-state index contributed by atoms with van der Waals surface area (Å²) in [4.78, 5) is 0. The van der Waals surface area contributed by atoms with Gasteiger partial charge in [-0.3, -0.25) is 0 Å². The molecule has 0 unspecified atom stereocenters. The Balaban J connectivity index is 1.65. The Kier molecular flexibility index (Phi) is 9.54. The maximum absolute atomic E-state index is 10.6. The first-order valence-corrected chi connectivity index (χ1v) is 10.6. The number of hydrogen-bond acceptors (Lipinski definition) is 16. The quantitative estimate of drug-likeness (QED) is 0.154. The Morgan fingerprint density at radius 3 is 1.53 bits per heavy atom. The van der Waals surface area contributed by atoms with Gasteiger partial charge in [-0.2, -0.15) is 0 Å². The lowest BCUT2D eigenvalue weighted by molar-refractivity contribution is -0.361. The van der Waals surface area contributed by atoms with Crippen LogP contribution in [0, 0.1) is 0 Å². The fraction of sp³-hybridized carbons (Fsp3) is 1.00. The maximum Gasteiger partial charge on any atom is 0.187 e. The molecule has 3 heterocycles. The van der Waals surface area contributed by atoms with Gasteiger partial charge in [0.05, 0.1) is 19.8 Å². The largest absolute Gasteiger partial charge is 0.394 e. The van der Waals surface area contributed by atoms with E-state index < -0.39 is 112 Å². The van der Waals surface area contributed by atoms with Gasteiger partial charge < -0.3 is 79.9 Å². The summed E-state index contributed by atoms with van der Waals surface area (Å²) < 4.78 is 26.1. The minimum atomic E-state index is -1.93. The van der Waals surface area contributed by atoms with Crippen LogP contribution in [0.3, 0.4) is 0 Å². The highest BCUT2D eigenvalue weighted by Crippen LogP contribution is 2.29. The highest BCUT2D eigenvalue weighted by molar-refractivity contribution is 4.94. The summed E-state index contributed by atoms with van der Waals surface area (Å²) in [6.45, 7) is -2.06. The molecule has 0 aromatic heterocycles. The maximum atomic E-state index is 10.6. The average Bonchev–Trinajstić information content (AvgIpc) is 2.82. The monoisotopic (exact) mass is 504 g/mol. The standard InChI is InChI=1S/C18H32O16/c19-1-4-7(21)10(24)12(26)17(32-4)30-3-6-9(23)15(14(28)16(29)31-6)34-18-13(27)11(25)8(22)5(2-20)33-18/h4-29H,1-3H2/t4-,5-,6-,7-,8-,9-,10+,11+,12-,13-,14-,15+,16-,17+,18+/m1/s1. The van der Waals surface area contributed by atoms with E-state index >= 15 is 0 Å². The van der Waals surface area contributed by atoms with E-state index in [0.29, 0.717) is 0 Å². The molecule has 0 bridgehead atoms. The van der Waals surface area contributed by atoms with Crippen molar-refractivity contribution in [3.8, 4) is 0 Å². The number of hydrogen-bond donors (Lipinski definition) is 11. The molecular weight excluding hydrogens is 472 g/mol. The third-order valence-electron chi connectivity index (χ3n) is 6.07. The van der Waals surface area contributed by atoms with Crippen LogP contribution in [0.2, 0.25) is 0 Å². The summed E-state index contributed by atoms with van der Waals surface area (Å²) in [5.41, 5.74) is 0. The second-order valence-corrected chi connectivity index (χ2v) is 8.37. The molecule has 0 spiro atoms. The van der Waals surface area contributed by atoms with Gasteiger partial charge in [-0.1, -0.05) is 0 Å². The lowest BCUT2D eigenvalue weighted by Crippen LogP contribution is -2.65. The van der Waals surface area contributed by atoms with Gasteiger partial charge >= 0.3 is 0 Å². The molecule has 16 heteroatoms. The van der Waals surface area contributed by atoms with Crippen LogP contribution >= 0.6 is 0 Å². The van der Waals surface area contributed by atoms with Crippen molar-refractivity contribution < 1.29 is 79.9 Å². The van der Waals surface area contributed by atoms with Crippen molar-refractivity contribution in [1.82, 2.24) is 0 Å². The summed E-state index contributed by atoms with van der Waals surface area (Å²) in [5, 5.41) is 109. The van der Waals surface area contributed by atoms with Gasteiger partial charge in [0.2, 0.25) is 0 Å². The van der Waals surface area contributed by atoms with Crippen LogP contribution in [-0.4, -0.2) is 168 Å². The second-order valence-electron chi connectivity index (χ2n) is 8.37. The van der Waals surface area contributed by atoms with Crippen LogP contribution in [0.1, 0.15) is 0 Å². The van der Waals surface area contributed by atoms with Crippen LogP contribution in [0.4, 0.5) is 0 Å². The predicted molar refractivity (Wildman–Crippen MR) is 101 cm³/mol. The van der Waals surface area contributed by atoms with Crippen molar-refractivity contribution >= 4 is 0 Å². The highest BCUT2D eigenvalue weighted by Gasteiger charge is 2.51. The molecule has 0 aliphatic carbocycles. The Bertz CT molecular complexity index is 637. The van der Waals surface area contributed by atoms with Gasteiger partial charge in [-0.05, 0) is 0 Å². The lowest BCUT2D eigenvalue weighted by atomic mass is 9.97. The number of rotatable bonds is 7. The first-order chi connectivity index (χ1) is 16.0. The molecular formula is C18H32O16. The summed E-state index contributed by atoms with van der Waals surface area (Å²) in [5.74, 6) is 0. The third-order valence-corrected chi connectivity index (χ3v) is 6.07. The van der Waals surface area contributed by atoms with E-state index in [9.17, 15) is 56.2 Å². The van der Waals surface area contributed by atoms with Gasteiger partial charge in [-0.25, -0.2) is 0 Å². The molecule has 3 rings (SSSR count). The van der Waals surface area contributed by atoms with Gasteiger partial charge in [0.1, 0.15) is 73.2 Å². The molecule has 0 aromatic rings. The SMILES string of the molecule is OC[C@H]1O[C@@H](O[C@@H]2[C@@H](O)[C@H](O)O[C@H](CO[C@H]3O[C@H](CO)[C@@H](O)[C@H](O)[C@H]3O)[C@H]2O)[C@H](O)[C@@H](O)[C@@H]1O. The number of ether oxygens (including phenoxy) is 5. The lowest BCUT2D eigenvalue weighted by Gasteiger charge is -2.45. The van der Waals surface area contributed by atoms with E-state index in [-0.39, 0.29) is 0 Å². The zero-order chi connectivity index (χ0) is 25.3. The number of aliphatic hydroxyl groups excluding tert-OH is 11. The van der Waals surface area contributed by atoms with Gasteiger partial charge in [0.25, 0.3) is 0 Å². The fourth-order valence-electron chi connectivity index (χ4n) is 3.94. The zero-order valence-electron chi connectivity index (χ0n) is 17.7. The van der Waals surface area contributed by atoms with Crippen molar-refractivity contribution in [1.29, 1.82) is 0 Å². The molecule has 0 amide bonds. The van der Waals surface area contributed by atoms with Crippen molar-refractivity contribution in [2.45, 2.75) is 92.1 Å². The van der Waals surface area contributed by atoms with Crippen LogP contribution in [0.15, 0.2) is 0 Å². The molecule has 200 valence electrons. The van der Waals surface area contributed by atoms with E-state index in [1.807, 2.05) is 0 Å². The first kappa shape index (κ1) is 27.9. The molecule has 15 atom stereocenters. The highest BCUT2D eigenvalue weighted by atomic mass is 16.7. The Hall–Kier alpha value is -0.640. The minimum Gasteiger partial charge on any atom is -0.394 e. The van der Waals surface area contributed by atoms with Crippen molar-refractivity contribution in [3.63, 3.8) is 0 Å². The Labute approximate surface area is 192 Å². The van der Waals surface area contributed by atoms with Crippen LogP contribution in [0.5, 0.6) is 0 Å². The fourth-order valence-corrected chi connectivity index (χ4v) is 3.94. The molecule has 3 fully saturated rings. The van der Waals surface area contributed by atoms with E-state index in [1.165, 1.54) is 0 Å². The summed E-state index contributed by atoms with van der Waals surface area (Å²) in [6, 6.07) is 0. The van der Waals surface area contributed by atoms with Crippen molar-refractivity contribution in [3.05, 3.63) is 0 Å². The van der Waals surface area contributed by atoms with Gasteiger partial charge in [0, 0.05) is 0 Å². The molecule has 0 radical (unpaired) electrons. The average molecular weight is 504 g/mol. The van der Waals surface area contributed by atoms with E-state index in [1.54, 1.807) is 0 Å².